The molecule has 0 amide bonds. The maximum Gasteiger partial charge on any atom is 0.0234 e. The molecule has 0 saturated carbocycles. The smallest absolute Gasteiger partial charge is 0.0234 e. The standard InChI is InChI=1S/C14H24N2/c1-3-10-16(11-9-15)12-14-7-5-13(4-2)6-8-14/h5-8H,3-4,9-12,15H2,1-2H3. The molecule has 0 unspecified atom stereocenters. The Bertz CT molecular complexity index is 273. The molecule has 0 heterocycles. The van der Waals surface area contributed by atoms with Gasteiger partial charge in [0.1, 0.15) is 0 Å². The first-order valence-corrected chi connectivity index (χ1v) is 6.30. The average molecular weight is 220 g/mol. The van der Waals surface area contributed by atoms with E-state index in [2.05, 4.69) is 43.0 Å². The Labute approximate surface area is 99.5 Å². The van der Waals surface area contributed by atoms with Gasteiger partial charge < -0.3 is 5.73 Å². The van der Waals surface area contributed by atoms with E-state index in [0.717, 1.165) is 32.6 Å². The maximum absolute atomic E-state index is 5.62. The maximum atomic E-state index is 5.62. The molecular formula is C14H24N2. The Balaban J connectivity index is 2.54. The Morgan fingerprint density at radius 3 is 2.12 bits per heavy atom. The van der Waals surface area contributed by atoms with Crippen LogP contribution < -0.4 is 5.73 Å². The van der Waals surface area contributed by atoms with Crippen LogP contribution in [-0.2, 0) is 13.0 Å². The summed E-state index contributed by atoms with van der Waals surface area (Å²) >= 11 is 0. The van der Waals surface area contributed by atoms with Crippen LogP contribution >= 0.6 is 0 Å². The van der Waals surface area contributed by atoms with E-state index in [1.807, 2.05) is 0 Å². The van der Waals surface area contributed by atoms with Crippen LogP contribution in [0.15, 0.2) is 24.3 Å². The van der Waals surface area contributed by atoms with Crippen LogP contribution in [0.3, 0.4) is 0 Å². The average Bonchev–Trinajstić information content (AvgIpc) is 2.31. The van der Waals surface area contributed by atoms with E-state index in [4.69, 9.17) is 5.73 Å². The van der Waals surface area contributed by atoms with Gasteiger partial charge in [0, 0.05) is 19.6 Å². The zero-order valence-electron chi connectivity index (χ0n) is 10.6. The zero-order chi connectivity index (χ0) is 11.8. The Kier molecular flexibility index (Phi) is 6.12. The highest BCUT2D eigenvalue weighted by Gasteiger charge is 2.03. The minimum Gasteiger partial charge on any atom is -0.329 e. The quantitative estimate of drug-likeness (QED) is 0.764. The fraction of sp³-hybridized carbons (Fsp3) is 0.571. The summed E-state index contributed by atoms with van der Waals surface area (Å²) in [7, 11) is 0. The van der Waals surface area contributed by atoms with Crippen molar-refractivity contribution in [1.82, 2.24) is 4.90 Å². The SMILES string of the molecule is CCCN(CCN)Cc1ccc(CC)cc1. The minimum absolute atomic E-state index is 0.743. The lowest BCUT2D eigenvalue weighted by Gasteiger charge is -2.20. The summed E-state index contributed by atoms with van der Waals surface area (Å²) in [5.74, 6) is 0. The molecule has 1 rings (SSSR count). The summed E-state index contributed by atoms with van der Waals surface area (Å²) < 4.78 is 0. The predicted octanol–water partition coefficient (Wildman–Crippen LogP) is 2.42. The van der Waals surface area contributed by atoms with Crippen molar-refractivity contribution < 1.29 is 0 Å². The number of rotatable bonds is 7. The molecule has 0 bridgehead atoms. The molecule has 90 valence electrons. The van der Waals surface area contributed by atoms with E-state index in [1.165, 1.54) is 17.5 Å². The number of hydrogen-bond acceptors (Lipinski definition) is 2. The van der Waals surface area contributed by atoms with Gasteiger partial charge in [0.25, 0.3) is 0 Å². The molecule has 2 heteroatoms. The molecule has 0 aliphatic heterocycles. The van der Waals surface area contributed by atoms with E-state index < -0.39 is 0 Å². The first-order valence-electron chi connectivity index (χ1n) is 6.30. The van der Waals surface area contributed by atoms with Gasteiger partial charge in [-0.1, -0.05) is 38.1 Å². The lowest BCUT2D eigenvalue weighted by Crippen LogP contribution is -2.29. The summed E-state index contributed by atoms with van der Waals surface area (Å²) in [4.78, 5) is 2.42. The van der Waals surface area contributed by atoms with Crippen LogP contribution in [0.25, 0.3) is 0 Å². The van der Waals surface area contributed by atoms with Crippen molar-refractivity contribution in [2.75, 3.05) is 19.6 Å². The fourth-order valence-electron chi connectivity index (χ4n) is 1.91. The van der Waals surface area contributed by atoms with Crippen molar-refractivity contribution in [3.63, 3.8) is 0 Å². The molecule has 0 atom stereocenters. The van der Waals surface area contributed by atoms with E-state index in [1.54, 1.807) is 0 Å². The highest BCUT2D eigenvalue weighted by Crippen LogP contribution is 2.08. The van der Waals surface area contributed by atoms with Crippen molar-refractivity contribution in [3.8, 4) is 0 Å². The molecule has 0 fully saturated rings. The van der Waals surface area contributed by atoms with Gasteiger partial charge in [-0.2, -0.15) is 0 Å². The minimum atomic E-state index is 0.743. The summed E-state index contributed by atoms with van der Waals surface area (Å²) in [6.45, 7) is 8.29. The van der Waals surface area contributed by atoms with E-state index in [-0.39, 0.29) is 0 Å². The monoisotopic (exact) mass is 220 g/mol. The molecule has 0 aromatic heterocycles. The molecule has 1 aromatic rings. The third kappa shape index (κ3) is 4.33. The van der Waals surface area contributed by atoms with Crippen molar-refractivity contribution in [3.05, 3.63) is 35.4 Å². The van der Waals surface area contributed by atoms with Crippen molar-refractivity contribution in [1.29, 1.82) is 0 Å². The highest BCUT2D eigenvalue weighted by molar-refractivity contribution is 5.22. The van der Waals surface area contributed by atoms with Gasteiger partial charge in [-0.25, -0.2) is 0 Å². The molecule has 0 saturated heterocycles. The van der Waals surface area contributed by atoms with Crippen molar-refractivity contribution in [2.24, 2.45) is 5.73 Å². The number of nitrogens with zero attached hydrogens (tertiary/aromatic N) is 1. The van der Waals surface area contributed by atoms with Gasteiger partial charge in [0.2, 0.25) is 0 Å². The number of hydrogen-bond donors (Lipinski definition) is 1. The zero-order valence-corrected chi connectivity index (χ0v) is 10.6. The first-order chi connectivity index (χ1) is 7.80. The summed E-state index contributed by atoms with van der Waals surface area (Å²) in [6, 6.07) is 8.92. The molecule has 2 N–H and O–H groups in total. The van der Waals surface area contributed by atoms with Crippen LogP contribution in [0, 0.1) is 0 Å². The van der Waals surface area contributed by atoms with E-state index >= 15 is 0 Å². The summed E-state index contributed by atoms with van der Waals surface area (Å²) in [5.41, 5.74) is 8.41. The van der Waals surface area contributed by atoms with Crippen molar-refractivity contribution >= 4 is 0 Å². The topological polar surface area (TPSA) is 29.3 Å². The number of benzene rings is 1. The lowest BCUT2D eigenvalue weighted by atomic mass is 10.1. The molecule has 16 heavy (non-hydrogen) atoms. The van der Waals surface area contributed by atoms with Crippen LogP contribution in [0.5, 0.6) is 0 Å². The van der Waals surface area contributed by atoms with Gasteiger partial charge in [-0.15, -0.1) is 0 Å². The second-order valence-electron chi connectivity index (χ2n) is 4.23. The number of aryl methyl sites for hydroxylation is 1. The Morgan fingerprint density at radius 1 is 1.00 bits per heavy atom. The number of nitrogens with two attached hydrogens (primary N) is 1. The molecule has 1 aromatic carbocycles. The Hall–Kier alpha value is -0.860. The summed E-state index contributed by atoms with van der Waals surface area (Å²) in [6.07, 6.45) is 2.30. The normalized spacial score (nSPS) is 11.0. The predicted molar refractivity (Wildman–Crippen MR) is 70.4 cm³/mol. The van der Waals surface area contributed by atoms with Gasteiger partial charge in [-0.3, -0.25) is 4.90 Å². The molecular weight excluding hydrogens is 196 g/mol. The van der Waals surface area contributed by atoms with Gasteiger partial charge in [0.05, 0.1) is 0 Å². The first kappa shape index (κ1) is 13.2. The second kappa shape index (κ2) is 7.42. The van der Waals surface area contributed by atoms with Gasteiger partial charge in [0.15, 0.2) is 0 Å². The summed E-state index contributed by atoms with van der Waals surface area (Å²) in [5, 5.41) is 0. The molecule has 0 aliphatic rings. The van der Waals surface area contributed by atoms with Crippen LogP contribution in [-0.4, -0.2) is 24.5 Å². The largest absolute Gasteiger partial charge is 0.329 e. The fourth-order valence-corrected chi connectivity index (χ4v) is 1.91. The Morgan fingerprint density at radius 2 is 1.62 bits per heavy atom. The second-order valence-corrected chi connectivity index (χ2v) is 4.23. The van der Waals surface area contributed by atoms with E-state index in [9.17, 15) is 0 Å². The third-order valence-corrected chi connectivity index (χ3v) is 2.82. The molecule has 0 spiro atoms. The lowest BCUT2D eigenvalue weighted by molar-refractivity contribution is 0.273. The molecule has 0 radical (unpaired) electrons. The molecule has 0 aliphatic carbocycles. The van der Waals surface area contributed by atoms with E-state index in [0.29, 0.717) is 0 Å². The highest BCUT2D eigenvalue weighted by atomic mass is 15.1. The van der Waals surface area contributed by atoms with Crippen LogP contribution in [0.2, 0.25) is 0 Å². The van der Waals surface area contributed by atoms with Crippen LogP contribution in [0.1, 0.15) is 31.4 Å². The molecule has 2 nitrogen and oxygen atoms in total. The van der Waals surface area contributed by atoms with Crippen molar-refractivity contribution in [2.45, 2.75) is 33.2 Å². The van der Waals surface area contributed by atoms with Gasteiger partial charge in [-0.05, 0) is 30.5 Å². The van der Waals surface area contributed by atoms with Gasteiger partial charge >= 0.3 is 0 Å². The van der Waals surface area contributed by atoms with Crippen LogP contribution in [0.4, 0.5) is 0 Å². The third-order valence-electron chi connectivity index (χ3n) is 2.82.